The van der Waals surface area contributed by atoms with Gasteiger partial charge < -0.3 is 14.4 Å². The first-order valence-electron chi connectivity index (χ1n) is 4.45. The Morgan fingerprint density at radius 2 is 1.77 bits per heavy atom. The molecule has 0 radical (unpaired) electrons. The molecular formula is C9H21NO3. The third kappa shape index (κ3) is 11.4. The Kier molecular flexibility index (Phi) is 13.0. The Balaban J connectivity index is 0. The summed E-state index contributed by atoms with van der Waals surface area (Å²) in [5.41, 5.74) is 0. The fourth-order valence-electron chi connectivity index (χ4n) is 0.431. The summed E-state index contributed by atoms with van der Waals surface area (Å²) in [5, 5.41) is 0. The number of likely N-dealkylation sites (N-methyl/N-ethyl adjacent to an activating group) is 1. The summed E-state index contributed by atoms with van der Waals surface area (Å²) in [5.74, 6) is -0.0268. The molecule has 0 aliphatic rings. The van der Waals surface area contributed by atoms with Crippen LogP contribution in [0.25, 0.3) is 0 Å². The van der Waals surface area contributed by atoms with E-state index in [1.54, 1.807) is 21.2 Å². The first kappa shape index (κ1) is 14.9. The normalized spacial score (nSPS) is 8.69. The second-order valence-corrected chi connectivity index (χ2v) is 2.33. The van der Waals surface area contributed by atoms with E-state index in [0.717, 1.165) is 0 Å². The predicted octanol–water partition coefficient (Wildman–Crippen LogP) is 0.764. The van der Waals surface area contributed by atoms with Gasteiger partial charge in [0, 0.05) is 21.2 Å². The predicted molar refractivity (Wildman–Crippen MR) is 52.7 cm³/mol. The second-order valence-electron chi connectivity index (χ2n) is 2.33. The summed E-state index contributed by atoms with van der Waals surface area (Å²) in [6.45, 7) is 5.13. The SMILES string of the molecule is CC.COCCOCC(=O)N(C)C. The highest BCUT2D eigenvalue weighted by Gasteiger charge is 2.01. The smallest absolute Gasteiger partial charge is 0.248 e. The molecule has 0 fully saturated rings. The fraction of sp³-hybridized carbons (Fsp3) is 0.889. The van der Waals surface area contributed by atoms with Crippen molar-refractivity contribution >= 4 is 5.91 Å². The third-order valence-corrected chi connectivity index (χ3v) is 1.16. The fourth-order valence-corrected chi connectivity index (χ4v) is 0.431. The van der Waals surface area contributed by atoms with Crippen molar-refractivity contribution in [1.29, 1.82) is 0 Å². The van der Waals surface area contributed by atoms with Crippen molar-refractivity contribution in [3.8, 4) is 0 Å². The van der Waals surface area contributed by atoms with Gasteiger partial charge in [-0.3, -0.25) is 4.79 Å². The van der Waals surface area contributed by atoms with Gasteiger partial charge in [0.1, 0.15) is 6.61 Å². The molecule has 0 aliphatic carbocycles. The van der Waals surface area contributed by atoms with Crippen LogP contribution >= 0.6 is 0 Å². The lowest BCUT2D eigenvalue weighted by Gasteiger charge is -2.09. The van der Waals surface area contributed by atoms with Crippen molar-refractivity contribution in [2.75, 3.05) is 41.0 Å². The van der Waals surface area contributed by atoms with Crippen LogP contribution in [0.3, 0.4) is 0 Å². The van der Waals surface area contributed by atoms with E-state index < -0.39 is 0 Å². The lowest BCUT2D eigenvalue weighted by atomic mass is 10.6. The van der Waals surface area contributed by atoms with Crippen LogP contribution in [0.5, 0.6) is 0 Å². The molecule has 0 heterocycles. The summed E-state index contributed by atoms with van der Waals surface area (Å²) in [6, 6.07) is 0. The number of carbonyl (C=O) groups is 1. The molecule has 0 N–H and O–H groups in total. The van der Waals surface area contributed by atoms with E-state index in [9.17, 15) is 4.79 Å². The minimum Gasteiger partial charge on any atom is -0.382 e. The molecule has 0 saturated heterocycles. The van der Waals surface area contributed by atoms with E-state index >= 15 is 0 Å². The largest absolute Gasteiger partial charge is 0.382 e. The number of nitrogens with zero attached hydrogens (tertiary/aromatic N) is 1. The molecule has 80 valence electrons. The standard InChI is InChI=1S/C7H15NO3.C2H6/c1-8(2)7(9)6-11-5-4-10-3;1-2/h4-6H2,1-3H3;1-2H3. The summed E-state index contributed by atoms with van der Waals surface area (Å²) in [4.78, 5) is 12.4. The van der Waals surface area contributed by atoms with Crippen molar-refractivity contribution in [2.45, 2.75) is 13.8 Å². The molecule has 0 atom stereocenters. The molecule has 0 aromatic carbocycles. The monoisotopic (exact) mass is 191 g/mol. The first-order chi connectivity index (χ1) is 6.18. The van der Waals surface area contributed by atoms with E-state index in [0.29, 0.717) is 13.2 Å². The Morgan fingerprint density at radius 3 is 2.15 bits per heavy atom. The molecule has 0 aromatic heterocycles. The summed E-state index contributed by atoms with van der Waals surface area (Å²) < 4.78 is 9.72. The number of methoxy groups -OCH3 is 1. The summed E-state index contributed by atoms with van der Waals surface area (Å²) in [7, 11) is 4.99. The van der Waals surface area contributed by atoms with E-state index in [4.69, 9.17) is 9.47 Å². The maximum absolute atomic E-state index is 10.9. The molecule has 13 heavy (non-hydrogen) atoms. The van der Waals surface area contributed by atoms with Crippen LogP contribution in [-0.4, -0.2) is 51.8 Å². The lowest BCUT2D eigenvalue weighted by Crippen LogP contribution is -2.26. The van der Waals surface area contributed by atoms with Gasteiger partial charge in [-0.25, -0.2) is 0 Å². The van der Waals surface area contributed by atoms with Crippen LogP contribution in [0.2, 0.25) is 0 Å². The van der Waals surface area contributed by atoms with Crippen molar-refractivity contribution in [2.24, 2.45) is 0 Å². The first-order valence-corrected chi connectivity index (χ1v) is 4.45. The Labute approximate surface area is 80.8 Å². The maximum Gasteiger partial charge on any atom is 0.248 e. The number of hydrogen-bond acceptors (Lipinski definition) is 3. The Bertz CT molecular complexity index is 115. The quantitative estimate of drug-likeness (QED) is 0.602. The second kappa shape index (κ2) is 11.4. The highest BCUT2D eigenvalue weighted by Crippen LogP contribution is 1.81. The van der Waals surface area contributed by atoms with Crippen LogP contribution in [0.4, 0.5) is 0 Å². The number of rotatable bonds is 5. The van der Waals surface area contributed by atoms with Gasteiger partial charge in [0.15, 0.2) is 0 Å². The van der Waals surface area contributed by atoms with Crippen molar-refractivity contribution in [3.63, 3.8) is 0 Å². The number of amides is 1. The molecule has 0 bridgehead atoms. The van der Waals surface area contributed by atoms with Gasteiger partial charge >= 0.3 is 0 Å². The molecule has 1 amide bonds. The van der Waals surface area contributed by atoms with E-state index in [-0.39, 0.29) is 12.5 Å². The molecule has 0 saturated carbocycles. The van der Waals surface area contributed by atoms with Gasteiger partial charge in [-0.2, -0.15) is 0 Å². The van der Waals surface area contributed by atoms with Gasteiger partial charge in [-0.15, -0.1) is 0 Å². The zero-order chi connectivity index (χ0) is 10.7. The Morgan fingerprint density at radius 1 is 1.23 bits per heavy atom. The third-order valence-electron chi connectivity index (χ3n) is 1.16. The molecule has 4 heteroatoms. The number of ether oxygens (including phenoxy) is 2. The van der Waals surface area contributed by atoms with Crippen molar-refractivity contribution in [3.05, 3.63) is 0 Å². The van der Waals surface area contributed by atoms with Gasteiger partial charge in [0.25, 0.3) is 0 Å². The zero-order valence-electron chi connectivity index (χ0n) is 9.29. The van der Waals surface area contributed by atoms with Crippen LogP contribution < -0.4 is 0 Å². The molecule has 0 spiro atoms. The van der Waals surface area contributed by atoms with E-state index in [1.807, 2.05) is 13.8 Å². The highest BCUT2D eigenvalue weighted by atomic mass is 16.5. The van der Waals surface area contributed by atoms with Gasteiger partial charge in [-0.1, -0.05) is 13.8 Å². The topological polar surface area (TPSA) is 38.8 Å². The van der Waals surface area contributed by atoms with Gasteiger partial charge in [0.05, 0.1) is 13.2 Å². The van der Waals surface area contributed by atoms with Crippen molar-refractivity contribution < 1.29 is 14.3 Å². The average Bonchev–Trinajstić information content (AvgIpc) is 2.15. The highest BCUT2D eigenvalue weighted by molar-refractivity contribution is 5.76. The minimum atomic E-state index is -0.0268. The van der Waals surface area contributed by atoms with Crippen LogP contribution in [-0.2, 0) is 14.3 Å². The summed E-state index contributed by atoms with van der Waals surface area (Å²) >= 11 is 0. The zero-order valence-corrected chi connectivity index (χ0v) is 9.29. The molecular weight excluding hydrogens is 170 g/mol. The van der Waals surface area contributed by atoms with Crippen LogP contribution in [0.15, 0.2) is 0 Å². The van der Waals surface area contributed by atoms with Gasteiger partial charge in [-0.05, 0) is 0 Å². The minimum absolute atomic E-state index is 0.0268. The number of carbonyl (C=O) groups excluding carboxylic acids is 1. The molecule has 0 unspecified atom stereocenters. The molecule has 4 nitrogen and oxygen atoms in total. The van der Waals surface area contributed by atoms with Crippen LogP contribution in [0, 0.1) is 0 Å². The Hall–Kier alpha value is -0.610. The molecule has 0 aromatic rings. The van der Waals surface area contributed by atoms with Gasteiger partial charge in [0.2, 0.25) is 5.91 Å². The van der Waals surface area contributed by atoms with Crippen LogP contribution in [0.1, 0.15) is 13.8 Å². The number of hydrogen-bond donors (Lipinski definition) is 0. The molecule has 0 aliphatic heterocycles. The van der Waals surface area contributed by atoms with E-state index in [1.165, 1.54) is 4.90 Å². The maximum atomic E-state index is 10.9. The van der Waals surface area contributed by atoms with Crippen molar-refractivity contribution in [1.82, 2.24) is 4.90 Å². The summed E-state index contributed by atoms with van der Waals surface area (Å²) in [6.07, 6.45) is 0. The average molecular weight is 191 g/mol. The van der Waals surface area contributed by atoms with E-state index in [2.05, 4.69) is 0 Å². The molecule has 0 rings (SSSR count). The lowest BCUT2D eigenvalue weighted by molar-refractivity contribution is -0.133.